The van der Waals surface area contributed by atoms with E-state index in [1.54, 1.807) is 12.5 Å². The topological polar surface area (TPSA) is 25.2 Å². The number of anilines is 1. The maximum atomic E-state index is 4.98. The van der Waals surface area contributed by atoms with Crippen LogP contribution < -0.4 is 5.32 Å². The van der Waals surface area contributed by atoms with Crippen molar-refractivity contribution in [3.05, 3.63) is 52.9 Å². The van der Waals surface area contributed by atoms with Gasteiger partial charge in [-0.1, -0.05) is 22.0 Å². The molecule has 3 heteroatoms. The zero-order chi connectivity index (χ0) is 9.80. The average Bonchev–Trinajstić information content (AvgIpc) is 2.67. The molecule has 0 spiro atoms. The number of nitrogens with one attached hydrogen (secondary N) is 1. The van der Waals surface area contributed by atoms with E-state index in [1.165, 1.54) is 0 Å². The Morgan fingerprint density at radius 2 is 2.21 bits per heavy atom. The number of hydrogen-bond acceptors (Lipinski definition) is 2. The monoisotopic (exact) mass is 251 g/mol. The summed E-state index contributed by atoms with van der Waals surface area (Å²) in [7, 11) is 0. The van der Waals surface area contributed by atoms with Crippen molar-refractivity contribution in [1.29, 1.82) is 0 Å². The molecule has 0 aliphatic rings. The predicted molar refractivity (Wildman–Crippen MR) is 60.2 cm³/mol. The summed E-state index contributed by atoms with van der Waals surface area (Å²) in [4.78, 5) is 0. The van der Waals surface area contributed by atoms with Gasteiger partial charge in [-0.15, -0.1) is 0 Å². The number of furan rings is 1. The molecule has 0 aliphatic carbocycles. The highest BCUT2D eigenvalue weighted by Crippen LogP contribution is 2.16. The van der Waals surface area contributed by atoms with Crippen LogP contribution in [-0.2, 0) is 6.54 Å². The molecule has 0 saturated carbocycles. The smallest absolute Gasteiger partial charge is 0.0952 e. The number of rotatable bonds is 3. The van der Waals surface area contributed by atoms with E-state index in [9.17, 15) is 0 Å². The SMILES string of the molecule is Brc1cccc(NCc2ccoc2)c1. The van der Waals surface area contributed by atoms with Crippen molar-refractivity contribution in [2.75, 3.05) is 5.32 Å². The maximum absolute atomic E-state index is 4.98. The summed E-state index contributed by atoms with van der Waals surface area (Å²) < 4.78 is 6.06. The van der Waals surface area contributed by atoms with E-state index >= 15 is 0 Å². The first-order valence-electron chi connectivity index (χ1n) is 4.35. The van der Waals surface area contributed by atoms with Crippen LogP contribution in [0.15, 0.2) is 51.7 Å². The molecule has 1 N–H and O–H groups in total. The molecule has 0 radical (unpaired) electrons. The summed E-state index contributed by atoms with van der Waals surface area (Å²) in [5.41, 5.74) is 2.24. The molecule has 1 aromatic heterocycles. The van der Waals surface area contributed by atoms with Gasteiger partial charge in [0.2, 0.25) is 0 Å². The van der Waals surface area contributed by atoms with Gasteiger partial charge in [0.25, 0.3) is 0 Å². The molecular weight excluding hydrogens is 242 g/mol. The molecule has 0 aliphatic heterocycles. The van der Waals surface area contributed by atoms with Crippen LogP contribution in [0.5, 0.6) is 0 Å². The van der Waals surface area contributed by atoms with Crippen LogP contribution in [0.1, 0.15) is 5.56 Å². The average molecular weight is 252 g/mol. The second kappa shape index (κ2) is 4.33. The van der Waals surface area contributed by atoms with Gasteiger partial charge in [-0.2, -0.15) is 0 Å². The summed E-state index contributed by atoms with van der Waals surface area (Å²) in [6.07, 6.45) is 3.42. The molecule has 0 saturated heterocycles. The van der Waals surface area contributed by atoms with Crippen LogP contribution in [0, 0.1) is 0 Å². The van der Waals surface area contributed by atoms with Gasteiger partial charge >= 0.3 is 0 Å². The van der Waals surface area contributed by atoms with E-state index in [-0.39, 0.29) is 0 Å². The third-order valence-electron chi connectivity index (χ3n) is 1.90. The quantitative estimate of drug-likeness (QED) is 0.901. The maximum Gasteiger partial charge on any atom is 0.0952 e. The first-order chi connectivity index (χ1) is 6.84. The van der Waals surface area contributed by atoms with Crippen LogP contribution >= 0.6 is 15.9 Å². The van der Waals surface area contributed by atoms with Crippen LogP contribution in [0.4, 0.5) is 5.69 Å². The zero-order valence-corrected chi connectivity index (χ0v) is 9.12. The van der Waals surface area contributed by atoms with Crippen molar-refractivity contribution in [2.45, 2.75) is 6.54 Å². The molecule has 14 heavy (non-hydrogen) atoms. The van der Waals surface area contributed by atoms with E-state index in [1.807, 2.05) is 30.3 Å². The second-order valence-electron chi connectivity index (χ2n) is 3.00. The summed E-state index contributed by atoms with van der Waals surface area (Å²) in [6, 6.07) is 10.0. The Morgan fingerprint density at radius 3 is 2.93 bits per heavy atom. The Kier molecular flexibility index (Phi) is 2.89. The highest BCUT2D eigenvalue weighted by Gasteiger charge is 1.95. The van der Waals surface area contributed by atoms with Gasteiger partial charge in [0.15, 0.2) is 0 Å². The molecule has 2 aromatic rings. The van der Waals surface area contributed by atoms with Crippen LogP contribution in [0.3, 0.4) is 0 Å². The third-order valence-corrected chi connectivity index (χ3v) is 2.39. The minimum absolute atomic E-state index is 0.785. The minimum atomic E-state index is 0.785. The molecular formula is C11H10BrNO. The van der Waals surface area contributed by atoms with Crippen molar-refractivity contribution in [3.63, 3.8) is 0 Å². The van der Waals surface area contributed by atoms with Crippen molar-refractivity contribution >= 4 is 21.6 Å². The van der Waals surface area contributed by atoms with Gasteiger partial charge in [0.05, 0.1) is 12.5 Å². The molecule has 0 fully saturated rings. The molecule has 0 atom stereocenters. The van der Waals surface area contributed by atoms with Crippen LogP contribution in [0.2, 0.25) is 0 Å². The van der Waals surface area contributed by atoms with Gasteiger partial charge in [-0.3, -0.25) is 0 Å². The Hall–Kier alpha value is -1.22. The zero-order valence-electron chi connectivity index (χ0n) is 7.53. The molecule has 72 valence electrons. The highest BCUT2D eigenvalue weighted by atomic mass is 79.9. The fourth-order valence-electron chi connectivity index (χ4n) is 1.20. The standard InChI is InChI=1S/C11H10BrNO/c12-10-2-1-3-11(6-10)13-7-9-4-5-14-8-9/h1-6,8,13H,7H2. The first-order valence-corrected chi connectivity index (χ1v) is 5.14. The largest absolute Gasteiger partial charge is 0.472 e. The van der Waals surface area contributed by atoms with Gasteiger partial charge in [0.1, 0.15) is 0 Å². The Morgan fingerprint density at radius 1 is 1.29 bits per heavy atom. The lowest BCUT2D eigenvalue weighted by Gasteiger charge is -2.04. The lowest BCUT2D eigenvalue weighted by molar-refractivity contribution is 0.564. The van der Waals surface area contributed by atoms with Crippen molar-refractivity contribution in [3.8, 4) is 0 Å². The third kappa shape index (κ3) is 2.39. The molecule has 0 unspecified atom stereocenters. The lowest BCUT2D eigenvalue weighted by Crippen LogP contribution is -1.97. The number of hydrogen-bond donors (Lipinski definition) is 1. The molecule has 0 bridgehead atoms. The summed E-state index contributed by atoms with van der Waals surface area (Å²) in [5, 5.41) is 3.30. The second-order valence-corrected chi connectivity index (χ2v) is 3.91. The fourth-order valence-corrected chi connectivity index (χ4v) is 1.60. The Bertz CT molecular complexity index is 397. The van der Waals surface area contributed by atoms with E-state index in [0.717, 1.165) is 22.3 Å². The summed E-state index contributed by atoms with van der Waals surface area (Å²) in [6.45, 7) is 0.785. The lowest BCUT2D eigenvalue weighted by atomic mass is 10.3. The normalized spacial score (nSPS) is 10.1. The molecule has 1 heterocycles. The molecule has 2 nitrogen and oxygen atoms in total. The Labute approximate surface area is 91.1 Å². The number of halogens is 1. The Balaban J connectivity index is 1.98. The van der Waals surface area contributed by atoms with Crippen LogP contribution in [-0.4, -0.2) is 0 Å². The van der Waals surface area contributed by atoms with Crippen molar-refractivity contribution in [2.24, 2.45) is 0 Å². The summed E-state index contributed by atoms with van der Waals surface area (Å²) >= 11 is 3.42. The van der Waals surface area contributed by atoms with E-state index < -0.39 is 0 Å². The van der Waals surface area contributed by atoms with Gasteiger partial charge in [0, 0.05) is 22.3 Å². The van der Waals surface area contributed by atoms with Gasteiger partial charge in [-0.25, -0.2) is 0 Å². The number of benzene rings is 1. The summed E-state index contributed by atoms with van der Waals surface area (Å²) in [5.74, 6) is 0. The van der Waals surface area contributed by atoms with E-state index in [2.05, 4.69) is 21.2 Å². The van der Waals surface area contributed by atoms with Crippen molar-refractivity contribution in [1.82, 2.24) is 0 Å². The van der Waals surface area contributed by atoms with Gasteiger partial charge in [-0.05, 0) is 24.3 Å². The fraction of sp³-hybridized carbons (Fsp3) is 0.0909. The predicted octanol–water partition coefficient (Wildman–Crippen LogP) is 3.65. The molecule has 0 amide bonds. The van der Waals surface area contributed by atoms with Crippen molar-refractivity contribution < 1.29 is 4.42 Å². The highest BCUT2D eigenvalue weighted by molar-refractivity contribution is 9.10. The van der Waals surface area contributed by atoms with Crippen LogP contribution in [0.25, 0.3) is 0 Å². The van der Waals surface area contributed by atoms with E-state index in [4.69, 9.17) is 4.42 Å². The molecule has 1 aromatic carbocycles. The first kappa shape index (κ1) is 9.34. The minimum Gasteiger partial charge on any atom is -0.472 e. The van der Waals surface area contributed by atoms with Gasteiger partial charge < -0.3 is 9.73 Å². The molecule has 2 rings (SSSR count). The van der Waals surface area contributed by atoms with E-state index in [0.29, 0.717) is 0 Å².